The zero-order chi connectivity index (χ0) is 18.6. The van der Waals surface area contributed by atoms with Crippen LogP contribution in [0, 0.1) is 18.8 Å². The second-order valence-corrected chi connectivity index (χ2v) is 7.29. The molecule has 142 valence electrons. The molecule has 6 nitrogen and oxygen atoms in total. The highest BCUT2D eigenvalue weighted by molar-refractivity contribution is 5.78. The van der Waals surface area contributed by atoms with Crippen molar-refractivity contribution in [3.63, 3.8) is 0 Å². The van der Waals surface area contributed by atoms with Gasteiger partial charge >= 0.3 is 0 Å². The van der Waals surface area contributed by atoms with Gasteiger partial charge < -0.3 is 19.7 Å². The average molecular weight is 367 g/mol. The van der Waals surface area contributed by atoms with E-state index in [2.05, 4.69) is 10.3 Å². The molecular formula is C21H25N3O3. The molecule has 27 heavy (non-hydrogen) atoms. The molecule has 2 aliphatic rings. The van der Waals surface area contributed by atoms with Crippen LogP contribution < -0.4 is 10.1 Å². The van der Waals surface area contributed by atoms with Crippen LogP contribution in [0.25, 0.3) is 0 Å². The van der Waals surface area contributed by atoms with Gasteiger partial charge in [0.25, 0.3) is 5.91 Å². The minimum absolute atomic E-state index is 0.0185. The molecule has 3 heterocycles. The number of pyridine rings is 1. The van der Waals surface area contributed by atoms with Crippen molar-refractivity contribution in [2.75, 3.05) is 38.2 Å². The van der Waals surface area contributed by atoms with Gasteiger partial charge in [0.2, 0.25) is 0 Å². The van der Waals surface area contributed by atoms with E-state index in [-0.39, 0.29) is 18.6 Å². The summed E-state index contributed by atoms with van der Waals surface area (Å²) in [4.78, 5) is 18.7. The number of anilines is 1. The summed E-state index contributed by atoms with van der Waals surface area (Å²) in [6, 6.07) is 13.6. The Labute approximate surface area is 159 Å². The first-order valence-corrected chi connectivity index (χ1v) is 9.43. The van der Waals surface area contributed by atoms with Gasteiger partial charge in [-0.15, -0.1) is 0 Å². The second-order valence-electron chi connectivity index (χ2n) is 7.29. The zero-order valence-corrected chi connectivity index (χ0v) is 15.5. The highest BCUT2D eigenvalue weighted by Gasteiger charge is 2.45. The van der Waals surface area contributed by atoms with Crippen molar-refractivity contribution in [3.05, 3.63) is 54.2 Å². The standard InChI is InChI=1S/C21H25N3O3/c1-15-5-7-17(8-6-15)26-14-21(25)24-11-18-16(13-27-19(18)12-24)10-23-20-4-2-3-9-22-20/h2-9,16,18-19H,10-14H2,1H3,(H,22,23)/t16-,18+,19+/m1/s1. The molecule has 4 rings (SSSR count). The molecule has 0 unspecified atom stereocenters. The zero-order valence-electron chi connectivity index (χ0n) is 15.5. The Kier molecular flexibility index (Phi) is 5.25. The van der Waals surface area contributed by atoms with Gasteiger partial charge in [0.1, 0.15) is 11.6 Å². The van der Waals surface area contributed by atoms with Crippen LogP contribution in [0.4, 0.5) is 5.82 Å². The fraction of sp³-hybridized carbons (Fsp3) is 0.429. The van der Waals surface area contributed by atoms with Crippen LogP contribution in [0.5, 0.6) is 5.75 Å². The number of rotatable bonds is 6. The molecular weight excluding hydrogens is 342 g/mol. The third-order valence-electron chi connectivity index (χ3n) is 5.39. The van der Waals surface area contributed by atoms with Gasteiger partial charge in [-0.2, -0.15) is 0 Å². The van der Waals surface area contributed by atoms with Crippen LogP contribution >= 0.6 is 0 Å². The van der Waals surface area contributed by atoms with E-state index in [1.807, 2.05) is 54.3 Å². The van der Waals surface area contributed by atoms with Gasteiger partial charge in [-0.3, -0.25) is 4.79 Å². The number of aryl methyl sites for hydroxylation is 1. The molecule has 2 aromatic rings. The molecule has 1 aromatic heterocycles. The lowest BCUT2D eigenvalue weighted by Crippen LogP contribution is -2.35. The first kappa shape index (κ1) is 17.8. The lowest BCUT2D eigenvalue weighted by atomic mass is 9.93. The molecule has 6 heteroatoms. The number of carbonyl (C=O) groups excluding carboxylic acids is 1. The van der Waals surface area contributed by atoms with Crippen LogP contribution in [-0.4, -0.2) is 54.7 Å². The minimum atomic E-state index is 0.0185. The fourth-order valence-corrected chi connectivity index (χ4v) is 3.79. The normalized spacial score (nSPS) is 23.9. The van der Waals surface area contributed by atoms with E-state index < -0.39 is 0 Å². The molecule has 2 aliphatic heterocycles. The van der Waals surface area contributed by atoms with Crippen molar-refractivity contribution in [1.82, 2.24) is 9.88 Å². The van der Waals surface area contributed by atoms with Crippen molar-refractivity contribution in [2.45, 2.75) is 13.0 Å². The number of aromatic nitrogens is 1. The Morgan fingerprint density at radius 1 is 1.26 bits per heavy atom. The number of likely N-dealkylation sites (tertiary alicyclic amines) is 1. The average Bonchev–Trinajstić information content (AvgIpc) is 3.28. The van der Waals surface area contributed by atoms with Crippen molar-refractivity contribution >= 4 is 11.7 Å². The number of hydrogen-bond acceptors (Lipinski definition) is 5. The van der Waals surface area contributed by atoms with E-state index in [4.69, 9.17) is 9.47 Å². The van der Waals surface area contributed by atoms with Crippen molar-refractivity contribution in [3.8, 4) is 5.75 Å². The van der Waals surface area contributed by atoms with E-state index in [9.17, 15) is 4.79 Å². The molecule has 2 saturated heterocycles. The Morgan fingerprint density at radius 2 is 2.11 bits per heavy atom. The van der Waals surface area contributed by atoms with Crippen LogP contribution in [0.3, 0.4) is 0 Å². The molecule has 1 aromatic carbocycles. The Balaban J connectivity index is 1.27. The summed E-state index contributed by atoms with van der Waals surface area (Å²) in [5.41, 5.74) is 1.17. The third kappa shape index (κ3) is 4.22. The molecule has 0 radical (unpaired) electrons. The summed E-state index contributed by atoms with van der Waals surface area (Å²) in [6.07, 6.45) is 1.91. The lowest BCUT2D eigenvalue weighted by Gasteiger charge is -2.20. The number of nitrogens with zero attached hydrogens (tertiary/aromatic N) is 2. The Bertz CT molecular complexity index is 766. The van der Waals surface area contributed by atoms with Crippen LogP contribution in [0.1, 0.15) is 5.56 Å². The van der Waals surface area contributed by atoms with E-state index in [0.29, 0.717) is 18.4 Å². The van der Waals surface area contributed by atoms with Gasteiger partial charge in [0, 0.05) is 37.7 Å². The lowest BCUT2D eigenvalue weighted by molar-refractivity contribution is -0.133. The summed E-state index contributed by atoms with van der Waals surface area (Å²) in [7, 11) is 0. The van der Waals surface area contributed by atoms with Crippen molar-refractivity contribution < 1.29 is 14.3 Å². The van der Waals surface area contributed by atoms with E-state index in [1.165, 1.54) is 5.56 Å². The minimum Gasteiger partial charge on any atom is -0.484 e. The number of nitrogens with one attached hydrogen (secondary N) is 1. The summed E-state index contributed by atoms with van der Waals surface area (Å²) in [5, 5.41) is 3.38. The number of hydrogen-bond donors (Lipinski definition) is 1. The van der Waals surface area contributed by atoms with E-state index in [0.717, 1.165) is 31.3 Å². The van der Waals surface area contributed by atoms with Crippen LogP contribution in [-0.2, 0) is 9.53 Å². The molecule has 0 aliphatic carbocycles. The summed E-state index contributed by atoms with van der Waals surface area (Å²) < 4.78 is 11.6. The summed E-state index contributed by atoms with van der Waals surface area (Å²) >= 11 is 0. The largest absolute Gasteiger partial charge is 0.484 e. The van der Waals surface area contributed by atoms with Crippen molar-refractivity contribution in [2.24, 2.45) is 11.8 Å². The second kappa shape index (κ2) is 7.96. The quantitative estimate of drug-likeness (QED) is 0.849. The predicted molar refractivity (Wildman–Crippen MR) is 103 cm³/mol. The molecule has 0 bridgehead atoms. The molecule has 0 saturated carbocycles. The monoisotopic (exact) mass is 367 g/mol. The van der Waals surface area contributed by atoms with Crippen molar-refractivity contribution in [1.29, 1.82) is 0 Å². The molecule has 2 fully saturated rings. The maximum Gasteiger partial charge on any atom is 0.260 e. The first-order chi connectivity index (χ1) is 13.2. The smallest absolute Gasteiger partial charge is 0.260 e. The van der Waals surface area contributed by atoms with Crippen LogP contribution in [0.2, 0.25) is 0 Å². The Morgan fingerprint density at radius 3 is 2.89 bits per heavy atom. The third-order valence-corrected chi connectivity index (χ3v) is 5.39. The predicted octanol–water partition coefficient (Wildman–Crippen LogP) is 2.35. The van der Waals surface area contributed by atoms with Gasteiger partial charge in [-0.05, 0) is 31.2 Å². The highest BCUT2D eigenvalue weighted by atomic mass is 16.5. The maximum absolute atomic E-state index is 12.5. The number of amides is 1. The molecule has 3 atom stereocenters. The number of fused-ring (bicyclic) bond motifs is 1. The highest BCUT2D eigenvalue weighted by Crippen LogP contribution is 2.33. The number of carbonyl (C=O) groups is 1. The number of ether oxygens (including phenoxy) is 2. The SMILES string of the molecule is Cc1ccc(OCC(=O)N2C[C@H]3[C@H](CNc4ccccn4)CO[C@H]3C2)cc1. The Hall–Kier alpha value is -2.60. The van der Waals surface area contributed by atoms with E-state index >= 15 is 0 Å². The molecule has 1 N–H and O–H groups in total. The summed E-state index contributed by atoms with van der Waals surface area (Å²) in [5.74, 6) is 2.36. The fourth-order valence-electron chi connectivity index (χ4n) is 3.79. The maximum atomic E-state index is 12.5. The number of benzene rings is 1. The van der Waals surface area contributed by atoms with Gasteiger partial charge in [-0.25, -0.2) is 4.98 Å². The van der Waals surface area contributed by atoms with Gasteiger partial charge in [0.05, 0.1) is 12.7 Å². The summed E-state index contributed by atoms with van der Waals surface area (Å²) in [6.45, 7) is 5.02. The van der Waals surface area contributed by atoms with Gasteiger partial charge in [0.15, 0.2) is 6.61 Å². The first-order valence-electron chi connectivity index (χ1n) is 9.43. The van der Waals surface area contributed by atoms with Crippen LogP contribution in [0.15, 0.2) is 48.7 Å². The van der Waals surface area contributed by atoms with Gasteiger partial charge in [-0.1, -0.05) is 23.8 Å². The van der Waals surface area contributed by atoms with E-state index in [1.54, 1.807) is 6.20 Å². The molecule has 1 amide bonds. The topological polar surface area (TPSA) is 63.7 Å². The molecule has 0 spiro atoms.